The van der Waals surface area contributed by atoms with E-state index in [0.717, 1.165) is 26.2 Å². The first kappa shape index (κ1) is 19.0. The van der Waals surface area contributed by atoms with Crippen LogP contribution in [0.15, 0.2) is 42.7 Å². The summed E-state index contributed by atoms with van der Waals surface area (Å²) in [6.07, 6.45) is 6.64. The van der Waals surface area contributed by atoms with Crippen molar-refractivity contribution in [1.29, 1.82) is 0 Å². The lowest BCUT2D eigenvalue weighted by Gasteiger charge is -2.23. The number of piperidine rings is 1. The molecule has 0 saturated carbocycles. The third-order valence-electron chi connectivity index (χ3n) is 3.77. The number of rotatable bonds is 5. The van der Waals surface area contributed by atoms with Crippen LogP contribution in [0.4, 0.5) is 0 Å². The van der Waals surface area contributed by atoms with E-state index < -0.39 is 0 Å². The summed E-state index contributed by atoms with van der Waals surface area (Å²) in [6.45, 7) is 3.98. The summed E-state index contributed by atoms with van der Waals surface area (Å²) < 4.78 is 2.01. The van der Waals surface area contributed by atoms with E-state index in [1.54, 1.807) is 0 Å². The van der Waals surface area contributed by atoms with E-state index in [1.165, 1.54) is 24.0 Å². The number of benzene rings is 1. The Kier molecular flexibility index (Phi) is 8.49. The van der Waals surface area contributed by atoms with Gasteiger partial charge >= 0.3 is 0 Å². The molecule has 1 aliphatic heterocycles. The van der Waals surface area contributed by atoms with Crippen molar-refractivity contribution in [3.8, 4) is 0 Å². The van der Waals surface area contributed by atoms with Gasteiger partial charge in [0.25, 0.3) is 0 Å². The fourth-order valence-electron chi connectivity index (χ4n) is 2.64. The third kappa shape index (κ3) is 5.61. The van der Waals surface area contributed by atoms with Gasteiger partial charge in [0.15, 0.2) is 0 Å². The normalized spacial score (nSPS) is 17.4. The van der Waals surface area contributed by atoms with Gasteiger partial charge in [-0.15, -0.1) is 24.8 Å². The molecule has 1 aromatic carbocycles. The highest BCUT2D eigenvalue weighted by atomic mass is 35.5. The summed E-state index contributed by atoms with van der Waals surface area (Å²) in [5.41, 5.74) is 2.54. The Labute approximate surface area is 144 Å². The second-order valence-electron chi connectivity index (χ2n) is 5.46. The molecule has 0 aliphatic carbocycles. The van der Waals surface area contributed by atoms with E-state index in [0.29, 0.717) is 6.04 Å². The number of halogens is 2. The lowest BCUT2D eigenvalue weighted by Crippen LogP contribution is -2.42. The number of hydrogen-bond donors (Lipinski definition) is 2. The summed E-state index contributed by atoms with van der Waals surface area (Å²) in [5.74, 6) is 0. The molecule has 22 heavy (non-hydrogen) atoms. The summed E-state index contributed by atoms with van der Waals surface area (Å²) in [4.78, 5) is 0. The fraction of sp³-hybridized carbons (Fsp3) is 0.438. The van der Waals surface area contributed by atoms with Crippen LogP contribution < -0.4 is 10.6 Å². The Morgan fingerprint density at radius 1 is 1.18 bits per heavy atom. The van der Waals surface area contributed by atoms with Gasteiger partial charge in [-0.3, -0.25) is 4.68 Å². The van der Waals surface area contributed by atoms with Gasteiger partial charge in [0, 0.05) is 30.9 Å². The maximum Gasteiger partial charge on any atom is 0.0659 e. The first-order valence-electron chi connectivity index (χ1n) is 7.39. The van der Waals surface area contributed by atoms with Crippen LogP contribution >= 0.6 is 24.8 Å². The largest absolute Gasteiger partial charge is 0.315 e. The van der Waals surface area contributed by atoms with Gasteiger partial charge in [0.1, 0.15) is 0 Å². The van der Waals surface area contributed by atoms with Crippen molar-refractivity contribution in [3.63, 3.8) is 0 Å². The van der Waals surface area contributed by atoms with Crippen molar-refractivity contribution in [3.05, 3.63) is 53.9 Å². The molecule has 1 aromatic heterocycles. The molecule has 2 N–H and O–H groups in total. The molecule has 0 radical (unpaired) electrons. The molecular weight excluding hydrogens is 319 g/mol. The van der Waals surface area contributed by atoms with Crippen LogP contribution in [0, 0.1) is 0 Å². The number of nitrogens with one attached hydrogen (secondary N) is 2. The van der Waals surface area contributed by atoms with Crippen molar-refractivity contribution in [2.45, 2.75) is 32.0 Å². The van der Waals surface area contributed by atoms with Crippen molar-refractivity contribution < 1.29 is 0 Å². The second kappa shape index (κ2) is 9.85. The van der Waals surface area contributed by atoms with E-state index in [9.17, 15) is 0 Å². The molecule has 1 saturated heterocycles. The van der Waals surface area contributed by atoms with E-state index in [1.807, 2.05) is 16.9 Å². The summed E-state index contributed by atoms with van der Waals surface area (Å²) >= 11 is 0. The predicted molar refractivity (Wildman–Crippen MR) is 95.0 cm³/mol. The van der Waals surface area contributed by atoms with Gasteiger partial charge in [-0.2, -0.15) is 5.10 Å². The quantitative estimate of drug-likeness (QED) is 0.877. The third-order valence-corrected chi connectivity index (χ3v) is 3.77. The second-order valence-corrected chi connectivity index (χ2v) is 5.46. The molecule has 0 amide bonds. The number of nitrogens with zero attached hydrogens (tertiary/aromatic N) is 2. The molecule has 0 spiro atoms. The van der Waals surface area contributed by atoms with Crippen molar-refractivity contribution in [2.24, 2.45) is 0 Å². The Balaban J connectivity index is 0.00000121. The Hall–Kier alpha value is -1.07. The monoisotopic (exact) mass is 342 g/mol. The Bertz CT molecular complexity index is 524. The van der Waals surface area contributed by atoms with Gasteiger partial charge in [-0.05, 0) is 24.9 Å². The summed E-state index contributed by atoms with van der Waals surface area (Å²) in [5, 5.41) is 11.5. The molecule has 1 aliphatic rings. The van der Waals surface area contributed by atoms with Crippen LogP contribution in [-0.4, -0.2) is 28.9 Å². The first-order chi connectivity index (χ1) is 9.90. The van der Waals surface area contributed by atoms with Gasteiger partial charge in [-0.25, -0.2) is 0 Å². The van der Waals surface area contributed by atoms with E-state index >= 15 is 0 Å². The zero-order valence-electron chi connectivity index (χ0n) is 12.6. The Morgan fingerprint density at radius 2 is 2.00 bits per heavy atom. The van der Waals surface area contributed by atoms with Crippen LogP contribution in [0.5, 0.6) is 0 Å². The Morgan fingerprint density at radius 3 is 2.73 bits per heavy atom. The van der Waals surface area contributed by atoms with Crippen molar-refractivity contribution in [2.75, 3.05) is 13.1 Å². The average molecular weight is 343 g/mol. The molecule has 1 atom stereocenters. The smallest absolute Gasteiger partial charge is 0.0659 e. The zero-order chi connectivity index (χ0) is 13.6. The molecule has 1 fully saturated rings. The van der Waals surface area contributed by atoms with Gasteiger partial charge < -0.3 is 10.6 Å². The van der Waals surface area contributed by atoms with Crippen LogP contribution in [0.1, 0.15) is 24.0 Å². The minimum absolute atomic E-state index is 0. The van der Waals surface area contributed by atoms with E-state index in [-0.39, 0.29) is 24.8 Å². The molecule has 0 bridgehead atoms. The zero-order valence-corrected chi connectivity index (χ0v) is 14.2. The molecular formula is C16H24Cl2N4. The molecule has 4 nitrogen and oxygen atoms in total. The highest BCUT2D eigenvalue weighted by Gasteiger charge is 2.12. The topological polar surface area (TPSA) is 41.9 Å². The van der Waals surface area contributed by atoms with Crippen molar-refractivity contribution >= 4 is 24.8 Å². The van der Waals surface area contributed by atoms with Crippen LogP contribution in [0.25, 0.3) is 0 Å². The average Bonchev–Trinajstić information content (AvgIpc) is 2.95. The number of hydrogen-bond acceptors (Lipinski definition) is 3. The van der Waals surface area contributed by atoms with Crippen LogP contribution in [0.2, 0.25) is 0 Å². The lowest BCUT2D eigenvalue weighted by atomic mass is 10.1. The first-order valence-corrected chi connectivity index (χ1v) is 7.39. The van der Waals surface area contributed by atoms with E-state index in [2.05, 4.69) is 46.2 Å². The molecule has 6 heteroatoms. The SMILES string of the molecule is Cl.Cl.c1ccc(Cn2cc(CNC3CCCNC3)cn2)cc1. The molecule has 2 aromatic rings. The summed E-state index contributed by atoms with van der Waals surface area (Å²) in [7, 11) is 0. The maximum atomic E-state index is 4.44. The minimum atomic E-state index is 0. The number of aromatic nitrogens is 2. The molecule has 122 valence electrons. The highest BCUT2D eigenvalue weighted by molar-refractivity contribution is 5.85. The highest BCUT2D eigenvalue weighted by Crippen LogP contribution is 2.06. The molecule has 2 heterocycles. The van der Waals surface area contributed by atoms with Gasteiger partial charge in [0.2, 0.25) is 0 Å². The van der Waals surface area contributed by atoms with Crippen molar-refractivity contribution in [1.82, 2.24) is 20.4 Å². The van der Waals surface area contributed by atoms with E-state index in [4.69, 9.17) is 0 Å². The standard InChI is InChI=1S/C16H22N4.2ClH/c1-2-5-14(6-3-1)12-20-13-15(10-19-20)9-18-16-7-4-8-17-11-16;;/h1-3,5-6,10,13,16-18H,4,7-9,11-12H2;2*1H. The predicted octanol–water partition coefficient (Wildman–Crippen LogP) is 2.62. The molecule has 3 rings (SSSR count). The molecule has 1 unspecified atom stereocenters. The van der Waals surface area contributed by atoms with Gasteiger partial charge in [-0.1, -0.05) is 30.3 Å². The van der Waals surface area contributed by atoms with Gasteiger partial charge in [0.05, 0.1) is 12.7 Å². The van der Waals surface area contributed by atoms with Crippen LogP contribution in [0.3, 0.4) is 0 Å². The minimum Gasteiger partial charge on any atom is -0.315 e. The van der Waals surface area contributed by atoms with Crippen LogP contribution in [-0.2, 0) is 13.1 Å². The fourth-order valence-corrected chi connectivity index (χ4v) is 2.64. The summed E-state index contributed by atoms with van der Waals surface area (Å²) in [6, 6.07) is 11.0. The lowest BCUT2D eigenvalue weighted by molar-refractivity contribution is 0.389. The maximum absolute atomic E-state index is 4.44.